The number of morpholine rings is 1. The van der Waals surface area contributed by atoms with Gasteiger partial charge in [0.1, 0.15) is 17.1 Å². The largest absolute Gasteiger partial charge is 0.490 e. The van der Waals surface area contributed by atoms with Gasteiger partial charge >= 0.3 is 0 Å². The lowest BCUT2D eigenvalue weighted by Gasteiger charge is -2.40. The predicted octanol–water partition coefficient (Wildman–Crippen LogP) is 4.65. The number of ketones is 1. The third-order valence-electron chi connectivity index (χ3n) is 4.76. The molecular formula is C20H19Br2NO3S. The van der Waals surface area contributed by atoms with E-state index in [1.807, 2.05) is 42.5 Å². The summed E-state index contributed by atoms with van der Waals surface area (Å²) >= 11 is 8.62. The van der Waals surface area contributed by atoms with Crippen molar-refractivity contribution in [2.45, 2.75) is 9.64 Å². The molecule has 2 aliphatic heterocycles. The summed E-state index contributed by atoms with van der Waals surface area (Å²) in [7, 11) is 0. The number of ether oxygens (including phenoxy) is 2. The van der Waals surface area contributed by atoms with Crippen LogP contribution in [0.3, 0.4) is 0 Å². The van der Waals surface area contributed by atoms with E-state index in [2.05, 4.69) is 36.8 Å². The normalized spacial score (nSPS) is 23.0. The van der Waals surface area contributed by atoms with Gasteiger partial charge in [-0.05, 0) is 40.2 Å². The van der Waals surface area contributed by atoms with Gasteiger partial charge < -0.3 is 9.47 Å². The first-order chi connectivity index (χ1) is 13.1. The van der Waals surface area contributed by atoms with E-state index >= 15 is 0 Å². The Bertz CT molecular complexity index is 843. The van der Waals surface area contributed by atoms with E-state index in [1.54, 1.807) is 11.8 Å². The minimum absolute atomic E-state index is 0.117. The molecule has 0 unspecified atom stereocenters. The Balaban J connectivity index is 1.72. The summed E-state index contributed by atoms with van der Waals surface area (Å²) in [6.07, 6.45) is 0. The van der Waals surface area contributed by atoms with Crippen molar-refractivity contribution in [3.63, 3.8) is 0 Å². The van der Waals surface area contributed by atoms with Crippen LogP contribution in [0.25, 0.3) is 0 Å². The number of hydrogen-bond donors (Lipinski definition) is 0. The fourth-order valence-corrected chi connectivity index (χ4v) is 6.09. The van der Waals surface area contributed by atoms with Gasteiger partial charge in [0.05, 0.1) is 23.2 Å². The molecule has 2 aromatic carbocycles. The van der Waals surface area contributed by atoms with Crippen LogP contribution in [0.2, 0.25) is 0 Å². The van der Waals surface area contributed by atoms with Crippen LogP contribution in [0.15, 0.2) is 56.3 Å². The molecule has 27 heavy (non-hydrogen) atoms. The minimum Gasteiger partial charge on any atom is -0.490 e. The first-order valence-corrected chi connectivity index (χ1v) is 11.2. The number of nitrogens with zero attached hydrogens (tertiary/aromatic N) is 1. The highest BCUT2D eigenvalue weighted by Crippen LogP contribution is 2.45. The van der Waals surface area contributed by atoms with E-state index < -0.39 is 4.75 Å². The Morgan fingerprint density at radius 3 is 2.59 bits per heavy atom. The summed E-state index contributed by atoms with van der Waals surface area (Å²) in [5, 5.41) is 0. The fraction of sp³-hybridized carbons (Fsp3) is 0.350. The average molecular weight is 513 g/mol. The summed E-state index contributed by atoms with van der Waals surface area (Å²) in [5.74, 6) is 0.751. The number of benzene rings is 2. The maximum atomic E-state index is 13.7. The molecule has 0 N–H and O–H groups in total. The summed E-state index contributed by atoms with van der Waals surface area (Å²) in [6, 6.07) is 13.9. The van der Waals surface area contributed by atoms with E-state index in [-0.39, 0.29) is 5.78 Å². The first kappa shape index (κ1) is 19.5. The van der Waals surface area contributed by atoms with Gasteiger partial charge in [-0.2, -0.15) is 0 Å². The highest BCUT2D eigenvalue weighted by Gasteiger charge is 2.47. The Labute approximate surface area is 179 Å². The van der Waals surface area contributed by atoms with Crippen LogP contribution < -0.4 is 4.74 Å². The van der Waals surface area contributed by atoms with Crippen molar-refractivity contribution in [3.05, 3.63) is 57.0 Å². The number of hydrogen-bond acceptors (Lipinski definition) is 5. The summed E-state index contributed by atoms with van der Waals surface area (Å²) in [5.41, 5.74) is 0.624. The number of halogens is 2. The van der Waals surface area contributed by atoms with Crippen molar-refractivity contribution < 1.29 is 14.3 Å². The molecule has 0 saturated carbocycles. The quantitative estimate of drug-likeness (QED) is 0.596. The summed E-state index contributed by atoms with van der Waals surface area (Å²) < 4.78 is 12.6. The Morgan fingerprint density at radius 1 is 1.11 bits per heavy atom. The van der Waals surface area contributed by atoms with Gasteiger partial charge in [-0.25, -0.2) is 0 Å². The molecule has 142 valence electrons. The van der Waals surface area contributed by atoms with Crippen molar-refractivity contribution in [3.8, 4) is 5.75 Å². The molecule has 4 rings (SSSR count). The Hall–Kier alpha value is -0.860. The molecular weight excluding hydrogens is 494 g/mol. The zero-order valence-corrected chi connectivity index (χ0v) is 18.6. The molecule has 0 amide bonds. The highest BCUT2D eigenvalue weighted by atomic mass is 79.9. The molecule has 7 heteroatoms. The van der Waals surface area contributed by atoms with E-state index in [1.165, 1.54) is 0 Å². The van der Waals surface area contributed by atoms with Gasteiger partial charge in [0.25, 0.3) is 0 Å². The second-order valence-corrected chi connectivity index (χ2v) is 9.91. The number of rotatable bonds is 4. The van der Waals surface area contributed by atoms with Crippen LogP contribution in [-0.4, -0.2) is 54.9 Å². The van der Waals surface area contributed by atoms with Crippen LogP contribution in [0.4, 0.5) is 0 Å². The second-order valence-electron chi connectivity index (χ2n) is 6.68. The fourth-order valence-electron chi connectivity index (χ4n) is 3.44. The zero-order chi connectivity index (χ0) is 18.9. The Morgan fingerprint density at radius 2 is 1.85 bits per heavy atom. The molecule has 0 spiro atoms. The van der Waals surface area contributed by atoms with Gasteiger partial charge in [0, 0.05) is 29.0 Å². The first-order valence-electron chi connectivity index (χ1n) is 8.78. The molecule has 2 heterocycles. The van der Waals surface area contributed by atoms with Crippen LogP contribution in [0.5, 0.6) is 5.75 Å². The average Bonchev–Trinajstić information content (AvgIpc) is 2.67. The van der Waals surface area contributed by atoms with Gasteiger partial charge in [-0.1, -0.05) is 34.1 Å². The number of carbonyl (C=O) groups is 1. The highest BCUT2D eigenvalue weighted by molar-refractivity contribution is 9.11. The standard InChI is InChI=1S/C20H19Br2NO3S/c21-14-10-16-18(17(22)11-14)26-13-20(19(16)24,12-23-6-8-25-9-7-23)27-15-4-2-1-3-5-15/h1-5,10-11H,6-9,12-13H2/t20-/m0/s1. The van der Waals surface area contributed by atoms with Crippen LogP contribution >= 0.6 is 43.6 Å². The molecule has 0 aromatic heterocycles. The summed E-state index contributed by atoms with van der Waals surface area (Å²) in [6.45, 7) is 4.05. The van der Waals surface area contributed by atoms with E-state index in [0.29, 0.717) is 37.7 Å². The SMILES string of the molecule is O=C1c2cc(Br)cc(Br)c2OC[C@]1(CN1CCOCC1)Sc1ccccc1. The molecule has 4 nitrogen and oxygen atoms in total. The molecule has 1 atom stereocenters. The maximum absolute atomic E-state index is 13.7. The van der Waals surface area contributed by atoms with Gasteiger partial charge in [-0.15, -0.1) is 11.8 Å². The molecule has 0 radical (unpaired) electrons. The van der Waals surface area contributed by atoms with E-state index in [4.69, 9.17) is 9.47 Å². The lowest BCUT2D eigenvalue weighted by atomic mass is 9.93. The molecule has 2 aromatic rings. The lowest BCUT2D eigenvalue weighted by molar-refractivity contribution is 0.0287. The van der Waals surface area contributed by atoms with Crippen LogP contribution in [0.1, 0.15) is 10.4 Å². The van der Waals surface area contributed by atoms with Gasteiger partial charge in [0.15, 0.2) is 5.78 Å². The monoisotopic (exact) mass is 511 g/mol. The topological polar surface area (TPSA) is 38.8 Å². The van der Waals surface area contributed by atoms with Crippen molar-refractivity contribution in [1.29, 1.82) is 0 Å². The van der Waals surface area contributed by atoms with Crippen molar-refractivity contribution in [1.82, 2.24) is 4.90 Å². The lowest BCUT2D eigenvalue weighted by Crippen LogP contribution is -2.54. The van der Waals surface area contributed by atoms with Gasteiger partial charge in [-0.3, -0.25) is 9.69 Å². The number of thioether (sulfide) groups is 1. The van der Waals surface area contributed by atoms with E-state index in [0.717, 1.165) is 26.9 Å². The molecule has 0 bridgehead atoms. The van der Waals surface area contributed by atoms with Gasteiger partial charge in [0.2, 0.25) is 0 Å². The van der Waals surface area contributed by atoms with Crippen molar-refractivity contribution in [2.75, 3.05) is 39.5 Å². The predicted molar refractivity (Wildman–Crippen MR) is 114 cm³/mol. The minimum atomic E-state index is -0.689. The molecule has 2 aliphatic rings. The summed E-state index contributed by atoms with van der Waals surface area (Å²) in [4.78, 5) is 17.1. The third kappa shape index (κ3) is 4.12. The van der Waals surface area contributed by atoms with Crippen molar-refractivity contribution in [2.24, 2.45) is 0 Å². The molecule has 0 aliphatic carbocycles. The number of fused-ring (bicyclic) bond motifs is 1. The smallest absolute Gasteiger partial charge is 0.187 e. The van der Waals surface area contributed by atoms with Crippen LogP contribution in [-0.2, 0) is 4.74 Å². The third-order valence-corrected chi connectivity index (χ3v) is 7.13. The molecule has 1 fully saturated rings. The molecule has 1 saturated heterocycles. The van der Waals surface area contributed by atoms with Crippen LogP contribution in [0, 0.1) is 0 Å². The zero-order valence-electron chi connectivity index (χ0n) is 14.6. The maximum Gasteiger partial charge on any atom is 0.187 e. The Kier molecular flexibility index (Phi) is 5.94. The number of carbonyl (C=O) groups excluding carboxylic acids is 1. The van der Waals surface area contributed by atoms with E-state index in [9.17, 15) is 4.79 Å². The van der Waals surface area contributed by atoms with Crippen molar-refractivity contribution >= 4 is 49.4 Å². The second kappa shape index (κ2) is 8.25. The number of Topliss-reactive ketones (excluding diaryl/α,β-unsaturated/α-hetero) is 1.